The van der Waals surface area contributed by atoms with Crippen molar-refractivity contribution in [1.82, 2.24) is 4.57 Å². The monoisotopic (exact) mass is 722 g/mol. The van der Waals surface area contributed by atoms with E-state index in [1.165, 1.54) is 15.9 Å². The summed E-state index contributed by atoms with van der Waals surface area (Å²) < 4.78 is 20.5. The van der Waals surface area contributed by atoms with E-state index in [-0.39, 0.29) is 24.3 Å². The zero-order chi connectivity index (χ0) is 31.7. The van der Waals surface area contributed by atoms with Gasteiger partial charge in [0, 0.05) is 25.6 Å². The number of rotatable bonds is 8. The maximum Gasteiger partial charge on any atom is 0.338 e. The summed E-state index contributed by atoms with van der Waals surface area (Å²) in [7, 11) is 0. The molecule has 0 saturated heterocycles. The highest BCUT2D eigenvalue weighted by atomic mass is 79.9. The molecule has 0 radical (unpaired) electrons. The Hall–Kier alpha value is -3.89. The summed E-state index contributed by atoms with van der Waals surface area (Å²) in [6.07, 6.45) is 1.79. The molecule has 7 nitrogen and oxygen atoms in total. The number of halogens is 3. The van der Waals surface area contributed by atoms with E-state index in [2.05, 4.69) is 20.9 Å². The van der Waals surface area contributed by atoms with Crippen LogP contribution in [0.15, 0.2) is 109 Å². The molecule has 1 atom stereocenters. The van der Waals surface area contributed by atoms with Gasteiger partial charge in [0.15, 0.2) is 4.80 Å². The number of esters is 1. The number of benzene rings is 3. The van der Waals surface area contributed by atoms with Crippen molar-refractivity contribution < 1.29 is 18.7 Å². The van der Waals surface area contributed by atoms with Crippen LogP contribution in [0.25, 0.3) is 17.4 Å². The highest BCUT2D eigenvalue weighted by molar-refractivity contribution is 9.10. The van der Waals surface area contributed by atoms with E-state index in [1.54, 1.807) is 38.1 Å². The lowest BCUT2D eigenvalue weighted by molar-refractivity contribution is -0.139. The highest BCUT2D eigenvalue weighted by Crippen LogP contribution is 2.34. The van der Waals surface area contributed by atoms with Gasteiger partial charge in [-0.15, -0.1) is 0 Å². The first-order valence-corrected chi connectivity index (χ1v) is 16.3. The number of hydrogen-bond donors (Lipinski definition) is 0. The Morgan fingerprint density at radius 2 is 1.82 bits per heavy atom. The Labute approximate surface area is 280 Å². The molecular weight excluding hydrogens is 699 g/mol. The first-order chi connectivity index (χ1) is 21.7. The first kappa shape index (κ1) is 31.1. The SMILES string of the molecule is CCOC(=O)C1=C(C)N=c2s/c(=C\c3ccc(OCc4ccc(Cl)cc4Cl)cc3)c(=O)n2[C@@H]1c1ccc(-c2ccc(Br)cc2)o1. The molecule has 5 aromatic rings. The molecule has 1 aliphatic heterocycles. The van der Waals surface area contributed by atoms with Crippen LogP contribution in [0.5, 0.6) is 5.75 Å². The van der Waals surface area contributed by atoms with E-state index in [0.29, 0.717) is 42.3 Å². The van der Waals surface area contributed by atoms with Crippen molar-refractivity contribution in [3.8, 4) is 17.1 Å². The summed E-state index contributed by atoms with van der Waals surface area (Å²) >= 11 is 16.9. The van der Waals surface area contributed by atoms with Gasteiger partial charge < -0.3 is 13.9 Å². The van der Waals surface area contributed by atoms with Crippen LogP contribution in [0.3, 0.4) is 0 Å². The molecule has 2 aromatic heterocycles. The Morgan fingerprint density at radius 1 is 1.07 bits per heavy atom. The van der Waals surface area contributed by atoms with Crippen LogP contribution >= 0.6 is 50.5 Å². The van der Waals surface area contributed by atoms with E-state index >= 15 is 0 Å². The minimum atomic E-state index is -0.845. The number of hydrogen-bond acceptors (Lipinski definition) is 7. The molecule has 0 fully saturated rings. The zero-order valence-electron chi connectivity index (χ0n) is 24.1. The molecule has 0 unspecified atom stereocenters. The lowest BCUT2D eigenvalue weighted by atomic mass is 10.0. The van der Waals surface area contributed by atoms with Crippen LogP contribution in [0.2, 0.25) is 10.0 Å². The molecule has 0 amide bonds. The van der Waals surface area contributed by atoms with Gasteiger partial charge in [-0.05, 0) is 74.0 Å². The first-order valence-electron chi connectivity index (χ1n) is 13.9. The molecule has 0 spiro atoms. The van der Waals surface area contributed by atoms with Crippen molar-refractivity contribution >= 4 is 62.5 Å². The summed E-state index contributed by atoms with van der Waals surface area (Å²) in [5.74, 6) is 1.14. The molecular formula is C34H25BrCl2N2O5S. The van der Waals surface area contributed by atoms with Gasteiger partial charge in [-0.1, -0.05) is 80.8 Å². The van der Waals surface area contributed by atoms with Crippen molar-refractivity contribution in [2.75, 3.05) is 6.61 Å². The maximum atomic E-state index is 13.9. The second-order valence-electron chi connectivity index (χ2n) is 10.1. The molecule has 11 heteroatoms. The number of carbonyl (C=O) groups is 1. The van der Waals surface area contributed by atoms with Crippen LogP contribution in [0, 0.1) is 0 Å². The number of aromatic nitrogens is 1. The zero-order valence-corrected chi connectivity index (χ0v) is 28.0. The third-order valence-electron chi connectivity index (χ3n) is 7.13. The van der Waals surface area contributed by atoms with Crippen LogP contribution in [-0.2, 0) is 16.1 Å². The fourth-order valence-corrected chi connectivity index (χ4v) is 6.72. The van der Waals surface area contributed by atoms with Crippen molar-refractivity contribution in [3.63, 3.8) is 0 Å². The van der Waals surface area contributed by atoms with E-state index in [0.717, 1.165) is 21.2 Å². The summed E-state index contributed by atoms with van der Waals surface area (Å²) in [6, 6.07) is 23.1. The second kappa shape index (κ2) is 13.2. The number of carbonyl (C=O) groups excluding carboxylic acids is 1. The number of thiazole rings is 1. The fourth-order valence-electron chi connectivity index (χ4n) is 4.94. The van der Waals surface area contributed by atoms with Gasteiger partial charge in [0.1, 0.15) is 29.9 Å². The average Bonchev–Trinajstić information content (AvgIpc) is 3.62. The molecule has 0 N–H and O–H groups in total. The summed E-state index contributed by atoms with van der Waals surface area (Å²) in [6.45, 7) is 3.94. The molecule has 0 bridgehead atoms. The van der Waals surface area contributed by atoms with Gasteiger partial charge in [-0.3, -0.25) is 9.36 Å². The number of nitrogens with zero attached hydrogens (tertiary/aromatic N) is 2. The Kier molecular flexibility index (Phi) is 9.14. The third-order valence-corrected chi connectivity index (χ3v) is 9.23. The van der Waals surface area contributed by atoms with Gasteiger partial charge in [0.05, 0.1) is 22.4 Å². The fraction of sp³-hybridized carbons (Fsp3) is 0.147. The van der Waals surface area contributed by atoms with E-state index < -0.39 is 12.0 Å². The van der Waals surface area contributed by atoms with Crippen LogP contribution in [0.1, 0.15) is 36.8 Å². The normalized spacial score (nSPS) is 14.7. The van der Waals surface area contributed by atoms with Crippen molar-refractivity contribution in [1.29, 1.82) is 0 Å². The molecule has 3 aromatic carbocycles. The van der Waals surface area contributed by atoms with Crippen LogP contribution < -0.4 is 19.6 Å². The van der Waals surface area contributed by atoms with Gasteiger partial charge >= 0.3 is 5.97 Å². The van der Waals surface area contributed by atoms with Crippen molar-refractivity contribution in [2.45, 2.75) is 26.5 Å². The summed E-state index contributed by atoms with van der Waals surface area (Å²) in [5, 5.41) is 1.10. The smallest absolute Gasteiger partial charge is 0.338 e. The molecule has 45 heavy (non-hydrogen) atoms. The number of allylic oxidation sites excluding steroid dienone is 1. The molecule has 3 heterocycles. The Bertz CT molecular complexity index is 2120. The van der Waals surface area contributed by atoms with E-state index in [4.69, 9.17) is 37.1 Å². The minimum Gasteiger partial charge on any atom is -0.489 e. The lowest BCUT2D eigenvalue weighted by Crippen LogP contribution is -2.39. The van der Waals surface area contributed by atoms with Crippen molar-refractivity contribution in [2.24, 2.45) is 4.99 Å². The summed E-state index contributed by atoms with van der Waals surface area (Å²) in [4.78, 5) is 32.2. The standard InChI is InChI=1S/C34H25BrCl2N2O5S/c1-3-42-33(41)30-19(2)38-34-39(31(30)28-15-14-27(44-28)21-6-9-23(35)10-7-21)32(40)29(45-34)16-20-4-12-25(13-5-20)43-18-22-8-11-24(36)17-26(22)37/h4-17,31H,3,18H2,1-2H3/b29-16-/t31-/m1/s1. The minimum absolute atomic E-state index is 0.182. The predicted molar refractivity (Wildman–Crippen MR) is 179 cm³/mol. The Balaban J connectivity index is 1.34. The number of fused-ring (bicyclic) bond motifs is 1. The maximum absolute atomic E-state index is 13.9. The third kappa shape index (κ3) is 6.58. The summed E-state index contributed by atoms with van der Waals surface area (Å²) in [5.41, 5.74) is 2.91. The molecule has 228 valence electrons. The van der Waals surface area contributed by atoms with Crippen molar-refractivity contribution in [3.05, 3.63) is 141 Å². The van der Waals surface area contributed by atoms with Crippen LogP contribution in [-0.4, -0.2) is 17.1 Å². The Morgan fingerprint density at radius 3 is 2.53 bits per heavy atom. The number of furan rings is 1. The molecule has 0 aliphatic carbocycles. The van der Waals surface area contributed by atoms with E-state index in [9.17, 15) is 9.59 Å². The van der Waals surface area contributed by atoms with Gasteiger partial charge in [-0.25, -0.2) is 9.79 Å². The molecule has 0 saturated carbocycles. The average molecular weight is 724 g/mol. The molecule has 6 rings (SSSR count). The quantitative estimate of drug-likeness (QED) is 0.153. The van der Waals surface area contributed by atoms with Gasteiger partial charge in [-0.2, -0.15) is 0 Å². The highest BCUT2D eigenvalue weighted by Gasteiger charge is 2.35. The second-order valence-corrected chi connectivity index (χ2v) is 12.9. The van der Waals surface area contributed by atoms with Crippen LogP contribution in [0.4, 0.5) is 0 Å². The van der Waals surface area contributed by atoms with Gasteiger partial charge in [0.2, 0.25) is 0 Å². The topological polar surface area (TPSA) is 83.0 Å². The lowest BCUT2D eigenvalue weighted by Gasteiger charge is -2.22. The number of ether oxygens (including phenoxy) is 2. The van der Waals surface area contributed by atoms with Gasteiger partial charge in [0.25, 0.3) is 5.56 Å². The molecule has 1 aliphatic rings. The largest absolute Gasteiger partial charge is 0.489 e. The predicted octanol–water partition coefficient (Wildman–Crippen LogP) is 7.71. The van der Waals surface area contributed by atoms with E-state index in [1.807, 2.05) is 60.7 Å².